The summed E-state index contributed by atoms with van der Waals surface area (Å²) in [5, 5.41) is 1.29. The maximum absolute atomic E-state index is 13.4. The first-order valence-electron chi connectivity index (χ1n) is 8.73. The van der Waals surface area contributed by atoms with E-state index in [-0.39, 0.29) is 11.9 Å². The zero-order valence-electron chi connectivity index (χ0n) is 15.2. The molecule has 1 aliphatic heterocycles. The molecule has 27 heavy (non-hydrogen) atoms. The number of nitrogens with zero attached hydrogens (tertiary/aromatic N) is 3. The molecule has 6 nitrogen and oxygen atoms in total. The highest BCUT2D eigenvalue weighted by Crippen LogP contribution is 2.29. The molecule has 140 valence electrons. The van der Waals surface area contributed by atoms with E-state index >= 15 is 0 Å². The Labute approximate surface area is 162 Å². The molecule has 1 fully saturated rings. The van der Waals surface area contributed by atoms with E-state index in [0.717, 1.165) is 16.7 Å². The van der Waals surface area contributed by atoms with Gasteiger partial charge in [0.1, 0.15) is 22.2 Å². The summed E-state index contributed by atoms with van der Waals surface area (Å²) in [7, 11) is 3.47. The van der Waals surface area contributed by atoms with Crippen LogP contribution in [0.4, 0.5) is 0 Å². The number of amides is 1. The van der Waals surface area contributed by atoms with E-state index in [2.05, 4.69) is 4.98 Å². The van der Waals surface area contributed by atoms with E-state index in [0.29, 0.717) is 36.3 Å². The van der Waals surface area contributed by atoms with Gasteiger partial charge in [-0.3, -0.25) is 4.79 Å². The van der Waals surface area contributed by atoms with Gasteiger partial charge in [-0.05, 0) is 35.9 Å². The molecule has 1 saturated heterocycles. The fraction of sp³-hybridized carbons (Fsp3) is 0.300. The minimum atomic E-state index is -0.170. The summed E-state index contributed by atoms with van der Waals surface area (Å²) in [5.74, 6) is 0.705. The van der Waals surface area contributed by atoms with Gasteiger partial charge in [0.15, 0.2) is 0 Å². The summed E-state index contributed by atoms with van der Waals surface area (Å²) in [6, 6.07) is 13.0. The second kappa shape index (κ2) is 7.21. The average Bonchev–Trinajstić information content (AvgIpc) is 3.03. The van der Waals surface area contributed by atoms with Crippen molar-refractivity contribution in [3.63, 3.8) is 0 Å². The minimum Gasteiger partial charge on any atom is -0.497 e. The molecule has 4 rings (SSSR count). The van der Waals surface area contributed by atoms with Crippen molar-refractivity contribution >= 4 is 28.5 Å². The van der Waals surface area contributed by atoms with E-state index in [9.17, 15) is 4.79 Å². The third-order valence-electron chi connectivity index (χ3n) is 4.93. The van der Waals surface area contributed by atoms with E-state index in [1.54, 1.807) is 17.7 Å². The zero-order valence-corrected chi connectivity index (χ0v) is 15.9. The van der Waals surface area contributed by atoms with Crippen LogP contribution in [-0.2, 0) is 11.8 Å². The molecule has 2 aromatic heterocycles. The number of aromatic nitrogens is 2. The molecular formula is C20H20ClN3O3. The molecule has 1 amide bonds. The predicted molar refractivity (Wildman–Crippen MR) is 103 cm³/mol. The predicted octanol–water partition coefficient (Wildman–Crippen LogP) is 3.45. The van der Waals surface area contributed by atoms with Gasteiger partial charge in [0.05, 0.1) is 26.4 Å². The molecule has 0 radical (unpaired) electrons. The Balaban J connectivity index is 1.71. The van der Waals surface area contributed by atoms with Gasteiger partial charge in [0.25, 0.3) is 5.91 Å². The first-order valence-corrected chi connectivity index (χ1v) is 9.11. The maximum atomic E-state index is 13.4. The number of rotatable bonds is 3. The molecule has 0 N–H and O–H groups in total. The lowest BCUT2D eigenvalue weighted by molar-refractivity contribution is -0.00322. The average molecular weight is 386 g/mol. The molecule has 7 heteroatoms. The zero-order chi connectivity index (χ0) is 19.0. The molecule has 1 aliphatic rings. The second-order valence-corrected chi connectivity index (χ2v) is 6.89. The summed E-state index contributed by atoms with van der Waals surface area (Å²) in [4.78, 5) is 19.6. The summed E-state index contributed by atoms with van der Waals surface area (Å²) < 4.78 is 12.8. The topological polar surface area (TPSA) is 56.6 Å². The Morgan fingerprint density at radius 3 is 2.96 bits per heavy atom. The van der Waals surface area contributed by atoms with Crippen LogP contribution in [0.5, 0.6) is 5.75 Å². The van der Waals surface area contributed by atoms with Gasteiger partial charge in [-0.1, -0.05) is 23.7 Å². The number of carbonyl (C=O) groups excluding carboxylic acids is 1. The number of benzene rings is 1. The third-order valence-corrected chi connectivity index (χ3v) is 5.14. The summed E-state index contributed by atoms with van der Waals surface area (Å²) in [6.07, 6.45) is 0. The van der Waals surface area contributed by atoms with Crippen LogP contribution in [0.25, 0.3) is 11.0 Å². The largest absolute Gasteiger partial charge is 0.497 e. The number of hydrogen-bond donors (Lipinski definition) is 0. The Morgan fingerprint density at radius 1 is 1.30 bits per heavy atom. The Bertz CT molecular complexity index is 1000. The van der Waals surface area contributed by atoms with E-state index < -0.39 is 0 Å². The molecule has 3 aromatic rings. The minimum absolute atomic E-state index is 0.0530. The molecule has 0 saturated carbocycles. The Morgan fingerprint density at radius 2 is 2.15 bits per heavy atom. The van der Waals surface area contributed by atoms with Gasteiger partial charge in [-0.25, -0.2) is 4.98 Å². The number of hydrogen-bond acceptors (Lipinski definition) is 4. The van der Waals surface area contributed by atoms with Crippen molar-refractivity contribution in [3.05, 3.63) is 58.9 Å². The molecule has 0 unspecified atom stereocenters. The van der Waals surface area contributed by atoms with Crippen LogP contribution in [0, 0.1) is 0 Å². The van der Waals surface area contributed by atoms with Crippen molar-refractivity contribution in [2.24, 2.45) is 7.05 Å². The number of halogens is 1. The van der Waals surface area contributed by atoms with Gasteiger partial charge in [0.2, 0.25) is 0 Å². The highest BCUT2D eigenvalue weighted by Gasteiger charge is 2.31. The highest BCUT2D eigenvalue weighted by atomic mass is 35.5. The lowest BCUT2D eigenvalue weighted by atomic mass is 10.0. The van der Waals surface area contributed by atoms with Gasteiger partial charge in [0, 0.05) is 19.0 Å². The molecule has 0 aliphatic carbocycles. The van der Waals surface area contributed by atoms with Crippen LogP contribution in [0.3, 0.4) is 0 Å². The van der Waals surface area contributed by atoms with Crippen molar-refractivity contribution in [1.82, 2.24) is 14.5 Å². The standard InChI is InChI=1S/C20H20ClN3O3/c1-23-16(11-14-6-7-18(21)22-19(14)23)20(25)24-8-9-27-12-17(24)13-4-3-5-15(10-13)26-2/h3-7,10-11,17H,8-9,12H2,1-2H3/t17-/m1/s1. The molecule has 3 heterocycles. The molecule has 1 aromatic carbocycles. The maximum Gasteiger partial charge on any atom is 0.271 e. The SMILES string of the molecule is COc1cccc([C@H]2COCCN2C(=O)c2cc3ccc(Cl)nc3n2C)c1. The summed E-state index contributed by atoms with van der Waals surface area (Å²) in [6.45, 7) is 1.49. The van der Waals surface area contributed by atoms with E-state index in [1.165, 1.54) is 0 Å². The normalized spacial score (nSPS) is 17.3. The van der Waals surface area contributed by atoms with Crippen LogP contribution in [0.15, 0.2) is 42.5 Å². The first kappa shape index (κ1) is 17.8. The number of aryl methyl sites for hydroxylation is 1. The number of morpholine rings is 1. The van der Waals surface area contributed by atoms with Crippen LogP contribution < -0.4 is 4.74 Å². The van der Waals surface area contributed by atoms with Crippen LogP contribution in [0.2, 0.25) is 5.15 Å². The van der Waals surface area contributed by atoms with Gasteiger partial charge >= 0.3 is 0 Å². The highest BCUT2D eigenvalue weighted by molar-refractivity contribution is 6.29. The van der Waals surface area contributed by atoms with Crippen molar-refractivity contribution in [3.8, 4) is 5.75 Å². The quantitative estimate of drug-likeness (QED) is 0.648. The number of carbonyl (C=O) groups is 1. The number of fused-ring (bicyclic) bond motifs is 1. The fourth-order valence-electron chi connectivity index (χ4n) is 3.50. The molecule has 0 bridgehead atoms. The smallest absolute Gasteiger partial charge is 0.271 e. The van der Waals surface area contributed by atoms with Crippen molar-refractivity contribution in [2.45, 2.75) is 6.04 Å². The van der Waals surface area contributed by atoms with Gasteiger partial charge in [-0.15, -0.1) is 0 Å². The van der Waals surface area contributed by atoms with Crippen molar-refractivity contribution in [1.29, 1.82) is 0 Å². The Hall–Kier alpha value is -2.57. The monoisotopic (exact) mass is 385 g/mol. The van der Waals surface area contributed by atoms with Crippen LogP contribution in [-0.4, -0.2) is 47.2 Å². The van der Waals surface area contributed by atoms with Crippen LogP contribution >= 0.6 is 11.6 Å². The van der Waals surface area contributed by atoms with Gasteiger partial charge in [-0.2, -0.15) is 0 Å². The third kappa shape index (κ3) is 3.26. The molecule has 0 spiro atoms. The number of pyridine rings is 1. The molecular weight excluding hydrogens is 366 g/mol. The summed E-state index contributed by atoms with van der Waals surface area (Å²) in [5.41, 5.74) is 2.26. The second-order valence-electron chi connectivity index (χ2n) is 6.50. The number of ether oxygens (including phenoxy) is 2. The Kier molecular flexibility index (Phi) is 4.76. The lowest BCUT2D eigenvalue weighted by Crippen LogP contribution is -2.44. The van der Waals surface area contributed by atoms with Gasteiger partial charge < -0.3 is 18.9 Å². The first-order chi connectivity index (χ1) is 13.1. The van der Waals surface area contributed by atoms with E-state index in [1.807, 2.05) is 48.3 Å². The van der Waals surface area contributed by atoms with Crippen LogP contribution in [0.1, 0.15) is 22.1 Å². The fourth-order valence-corrected chi connectivity index (χ4v) is 3.64. The summed E-state index contributed by atoms with van der Waals surface area (Å²) >= 11 is 6.01. The lowest BCUT2D eigenvalue weighted by Gasteiger charge is -2.36. The van der Waals surface area contributed by atoms with Crippen molar-refractivity contribution in [2.75, 3.05) is 26.9 Å². The molecule has 1 atom stereocenters. The van der Waals surface area contributed by atoms with E-state index in [4.69, 9.17) is 21.1 Å². The number of methoxy groups -OCH3 is 1. The van der Waals surface area contributed by atoms with Crippen molar-refractivity contribution < 1.29 is 14.3 Å².